The first kappa shape index (κ1) is 23.4. The van der Waals surface area contributed by atoms with E-state index in [4.69, 9.17) is 10.5 Å². The fourth-order valence-electron chi connectivity index (χ4n) is 5.71. The van der Waals surface area contributed by atoms with E-state index in [2.05, 4.69) is 54.4 Å². The zero-order chi connectivity index (χ0) is 25.4. The van der Waals surface area contributed by atoms with Crippen molar-refractivity contribution in [2.45, 2.75) is 49.9 Å². The highest BCUT2D eigenvalue weighted by Gasteiger charge is 2.40. The van der Waals surface area contributed by atoms with Gasteiger partial charge in [-0.25, -0.2) is 4.98 Å². The molecule has 0 amide bonds. The Morgan fingerprint density at radius 1 is 1.08 bits per heavy atom. The molecular formula is C28H31N7O2. The molecule has 3 aromatic rings. The first-order chi connectivity index (χ1) is 18.1. The molecule has 3 aliphatic rings. The molecule has 2 atom stereocenters. The Morgan fingerprint density at radius 3 is 2.62 bits per heavy atom. The second-order valence-corrected chi connectivity index (χ2v) is 10.0. The summed E-state index contributed by atoms with van der Waals surface area (Å²) in [5.74, 6) is 3.76. The van der Waals surface area contributed by atoms with Crippen molar-refractivity contribution in [3.63, 3.8) is 0 Å². The van der Waals surface area contributed by atoms with Crippen molar-refractivity contribution in [1.29, 1.82) is 0 Å². The van der Waals surface area contributed by atoms with Crippen molar-refractivity contribution >= 4 is 17.2 Å². The zero-order valence-corrected chi connectivity index (χ0v) is 20.8. The van der Waals surface area contributed by atoms with Crippen LogP contribution in [0.25, 0.3) is 11.3 Å². The summed E-state index contributed by atoms with van der Waals surface area (Å²) in [5, 5.41) is 22.0. The summed E-state index contributed by atoms with van der Waals surface area (Å²) in [4.78, 5) is 9.29. The van der Waals surface area contributed by atoms with E-state index in [9.17, 15) is 5.11 Å². The van der Waals surface area contributed by atoms with E-state index in [0.29, 0.717) is 41.3 Å². The van der Waals surface area contributed by atoms with Crippen LogP contribution >= 0.6 is 0 Å². The number of piperazine rings is 1. The number of rotatable bonds is 5. The predicted molar refractivity (Wildman–Crippen MR) is 143 cm³/mol. The quantitative estimate of drug-likeness (QED) is 0.362. The monoisotopic (exact) mass is 497 g/mol. The van der Waals surface area contributed by atoms with Crippen LogP contribution in [0.15, 0.2) is 48.7 Å². The number of phenols is 1. The van der Waals surface area contributed by atoms with Crippen molar-refractivity contribution in [2.75, 3.05) is 35.7 Å². The molecule has 2 unspecified atom stereocenters. The van der Waals surface area contributed by atoms with Gasteiger partial charge in [0.25, 0.3) is 0 Å². The van der Waals surface area contributed by atoms with Crippen LogP contribution < -0.4 is 20.9 Å². The SMILES string of the molecule is COC1CC(NC#Cc2cc(N3C4CCC3CN(c3cc(-c5ccccc5O)nnc3N)C4)ccn2)C1. The minimum absolute atomic E-state index is 0.177. The van der Waals surface area contributed by atoms with E-state index >= 15 is 0 Å². The standard InChI is InChI=1S/C28H31N7O2/c1-37-23-13-19(14-23)31-10-8-18-12-20(9-11-30-18)35-21-6-7-22(35)17-34(16-21)26-15-25(32-33-28(26)29)24-4-2-3-5-27(24)36/h2-5,9,11-12,15,19,21-23,31,36H,6-7,13-14,16-17H2,1H3,(H2,29,33). The maximum absolute atomic E-state index is 10.3. The third-order valence-electron chi connectivity index (χ3n) is 7.74. The summed E-state index contributed by atoms with van der Waals surface area (Å²) in [6, 6.07) is 17.4. The van der Waals surface area contributed by atoms with E-state index < -0.39 is 0 Å². The van der Waals surface area contributed by atoms with Crippen LogP contribution in [0.4, 0.5) is 17.2 Å². The van der Waals surface area contributed by atoms with E-state index in [0.717, 1.165) is 55.8 Å². The summed E-state index contributed by atoms with van der Waals surface area (Å²) in [7, 11) is 1.76. The van der Waals surface area contributed by atoms with E-state index in [1.807, 2.05) is 24.4 Å². The van der Waals surface area contributed by atoms with E-state index in [-0.39, 0.29) is 5.75 Å². The van der Waals surface area contributed by atoms with E-state index in [1.54, 1.807) is 19.2 Å². The first-order valence-corrected chi connectivity index (χ1v) is 12.8. The summed E-state index contributed by atoms with van der Waals surface area (Å²) in [6.07, 6.45) is 6.41. The van der Waals surface area contributed by atoms with Gasteiger partial charge < -0.3 is 30.7 Å². The number of nitrogens with two attached hydrogens (primary N) is 1. The molecule has 4 heterocycles. The number of pyridine rings is 1. The second kappa shape index (κ2) is 9.79. The molecule has 1 aliphatic carbocycles. The number of ether oxygens (including phenoxy) is 1. The lowest BCUT2D eigenvalue weighted by atomic mass is 9.89. The van der Waals surface area contributed by atoms with Gasteiger partial charge in [0, 0.05) is 61.8 Å². The van der Waals surface area contributed by atoms with Gasteiger partial charge in [-0.3, -0.25) is 0 Å². The van der Waals surface area contributed by atoms with Gasteiger partial charge in [-0.2, -0.15) is 0 Å². The Hall–Kier alpha value is -4.03. The Morgan fingerprint density at radius 2 is 1.86 bits per heavy atom. The van der Waals surface area contributed by atoms with Gasteiger partial charge in [0.05, 0.1) is 17.5 Å². The van der Waals surface area contributed by atoms with Crippen LogP contribution in [0.2, 0.25) is 0 Å². The van der Waals surface area contributed by atoms with Crippen molar-refractivity contribution in [3.05, 3.63) is 54.4 Å². The number of nitrogens with zero attached hydrogens (tertiary/aromatic N) is 5. The van der Waals surface area contributed by atoms with Crippen LogP contribution in [0.5, 0.6) is 5.75 Å². The molecule has 2 bridgehead atoms. The van der Waals surface area contributed by atoms with Gasteiger partial charge in [-0.05, 0) is 61.9 Å². The van der Waals surface area contributed by atoms with Crippen LogP contribution in [0.3, 0.4) is 0 Å². The number of nitrogen functional groups attached to an aromatic ring is 1. The highest BCUT2D eigenvalue weighted by Crippen LogP contribution is 2.39. The zero-order valence-electron chi connectivity index (χ0n) is 20.8. The summed E-state index contributed by atoms with van der Waals surface area (Å²) in [6.45, 7) is 1.67. The van der Waals surface area contributed by atoms with Crippen LogP contribution in [0.1, 0.15) is 31.4 Å². The molecule has 1 saturated carbocycles. The number of aromatic hydroxyl groups is 1. The molecule has 37 heavy (non-hydrogen) atoms. The van der Waals surface area contributed by atoms with Crippen LogP contribution in [-0.4, -0.2) is 64.7 Å². The molecule has 2 aliphatic heterocycles. The number of nitrogens with one attached hydrogen (secondary N) is 1. The van der Waals surface area contributed by atoms with Gasteiger partial charge in [0.2, 0.25) is 0 Å². The van der Waals surface area contributed by atoms with Gasteiger partial charge in [0.1, 0.15) is 11.4 Å². The highest BCUT2D eigenvalue weighted by molar-refractivity contribution is 5.74. The number of hydrogen-bond acceptors (Lipinski definition) is 9. The summed E-state index contributed by atoms with van der Waals surface area (Å²) >= 11 is 0. The predicted octanol–water partition coefficient (Wildman–Crippen LogP) is 2.76. The molecule has 9 heteroatoms. The molecule has 3 fully saturated rings. The number of para-hydroxylation sites is 1. The lowest BCUT2D eigenvalue weighted by Crippen LogP contribution is -2.54. The van der Waals surface area contributed by atoms with Gasteiger partial charge >= 0.3 is 0 Å². The normalized spacial score (nSPS) is 24.2. The van der Waals surface area contributed by atoms with Crippen LogP contribution in [-0.2, 0) is 4.74 Å². The van der Waals surface area contributed by atoms with E-state index in [1.165, 1.54) is 0 Å². The Bertz CT molecular complexity index is 1330. The lowest BCUT2D eigenvalue weighted by Gasteiger charge is -2.43. The number of anilines is 3. The minimum atomic E-state index is 0.177. The fraction of sp³-hybridized carbons (Fsp3) is 0.393. The van der Waals surface area contributed by atoms with Crippen molar-refractivity contribution in [1.82, 2.24) is 20.5 Å². The molecule has 4 N–H and O–H groups in total. The molecule has 6 rings (SSSR count). The Kier molecular flexibility index (Phi) is 6.18. The average molecular weight is 498 g/mol. The van der Waals surface area contributed by atoms with Crippen molar-refractivity contribution in [2.24, 2.45) is 0 Å². The number of benzene rings is 1. The van der Waals surface area contributed by atoms with Crippen molar-refractivity contribution in [3.8, 4) is 29.0 Å². The van der Waals surface area contributed by atoms with Gasteiger partial charge in [0.15, 0.2) is 5.82 Å². The summed E-state index contributed by atoms with van der Waals surface area (Å²) in [5.41, 5.74) is 10.3. The topological polar surface area (TPSA) is 113 Å². The highest BCUT2D eigenvalue weighted by atomic mass is 16.5. The second-order valence-electron chi connectivity index (χ2n) is 10.0. The molecule has 2 aromatic heterocycles. The first-order valence-electron chi connectivity index (χ1n) is 12.8. The molecule has 2 saturated heterocycles. The average Bonchev–Trinajstić information content (AvgIpc) is 3.15. The van der Waals surface area contributed by atoms with Gasteiger partial charge in [-0.15, -0.1) is 10.2 Å². The minimum Gasteiger partial charge on any atom is -0.507 e. The molecule has 0 spiro atoms. The van der Waals surface area contributed by atoms with Gasteiger partial charge in [-0.1, -0.05) is 12.1 Å². The summed E-state index contributed by atoms with van der Waals surface area (Å²) < 4.78 is 5.33. The molecule has 190 valence electrons. The smallest absolute Gasteiger partial charge is 0.169 e. The fourth-order valence-corrected chi connectivity index (χ4v) is 5.71. The lowest BCUT2D eigenvalue weighted by molar-refractivity contribution is 0.0219. The largest absolute Gasteiger partial charge is 0.507 e. The van der Waals surface area contributed by atoms with Crippen LogP contribution in [0, 0.1) is 12.0 Å². The number of fused-ring (bicyclic) bond motifs is 2. The van der Waals surface area contributed by atoms with Crippen molar-refractivity contribution < 1.29 is 9.84 Å². The molecule has 0 radical (unpaired) electrons. The number of aromatic nitrogens is 3. The molecule has 1 aromatic carbocycles. The number of methoxy groups -OCH3 is 1. The maximum Gasteiger partial charge on any atom is 0.169 e. The number of phenolic OH excluding ortho intramolecular Hbond substituents is 1. The third-order valence-corrected chi connectivity index (χ3v) is 7.74. The Balaban J connectivity index is 1.17. The maximum atomic E-state index is 10.3. The number of hydrogen-bond donors (Lipinski definition) is 3. The Labute approximate surface area is 216 Å². The molecular weight excluding hydrogens is 466 g/mol. The third kappa shape index (κ3) is 4.60. The molecule has 9 nitrogen and oxygen atoms in total.